The number of esters is 2. The number of aromatic amines is 1. The summed E-state index contributed by atoms with van der Waals surface area (Å²) < 4.78 is 10.8. The van der Waals surface area contributed by atoms with Gasteiger partial charge in [0.25, 0.3) is 0 Å². The summed E-state index contributed by atoms with van der Waals surface area (Å²) in [5.41, 5.74) is 2.29. The van der Waals surface area contributed by atoms with Crippen molar-refractivity contribution < 1.29 is 19.1 Å². The van der Waals surface area contributed by atoms with Crippen molar-refractivity contribution in [2.45, 2.75) is 65.4 Å². The highest BCUT2D eigenvalue weighted by Gasteiger charge is 2.33. The van der Waals surface area contributed by atoms with E-state index in [0.29, 0.717) is 30.6 Å². The Morgan fingerprint density at radius 1 is 1.17 bits per heavy atom. The molecule has 158 valence electrons. The molecule has 1 saturated carbocycles. The van der Waals surface area contributed by atoms with Crippen molar-refractivity contribution in [3.05, 3.63) is 36.0 Å². The number of fused-ring (bicyclic) bond motifs is 1. The number of carbonyl (C=O) groups is 2. The van der Waals surface area contributed by atoms with Crippen LogP contribution in [0.3, 0.4) is 0 Å². The van der Waals surface area contributed by atoms with Gasteiger partial charge < -0.3 is 14.5 Å². The van der Waals surface area contributed by atoms with Crippen LogP contribution < -0.4 is 0 Å². The molecule has 1 aromatic carbocycles. The quantitative estimate of drug-likeness (QED) is 0.632. The highest BCUT2D eigenvalue weighted by Crippen LogP contribution is 2.35. The smallest absolute Gasteiger partial charge is 0.344 e. The van der Waals surface area contributed by atoms with Crippen LogP contribution in [0.5, 0.6) is 0 Å². The zero-order valence-electron chi connectivity index (χ0n) is 17.8. The minimum absolute atomic E-state index is 0.0631. The topological polar surface area (TPSA) is 68.4 Å². The van der Waals surface area contributed by atoms with E-state index in [1.807, 2.05) is 24.4 Å². The first kappa shape index (κ1) is 21.4. The monoisotopic (exact) mass is 399 g/mol. The fraction of sp³-hybridized carbons (Fsp3) is 0.583. The molecule has 1 aromatic heterocycles. The van der Waals surface area contributed by atoms with Crippen LogP contribution in [-0.4, -0.2) is 29.6 Å². The maximum atomic E-state index is 12.2. The molecular formula is C24H33NO4. The van der Waals surface area contributed by atoms with Crippen LogP contribution in [-0.2, 0) is 25.5 Å². The summed E-state index contributed by atoms with van der Waals surface area (Å²) in [6, 6.07) is 8.12. The maximum absolute atomic E-state index is 12.2. The average Bonchev–Trinajstić information content (AvgIpc) is 3.09. The molecule has 5 nitrogen and oxygen atoms in total. The molecule has 0 unspecified atom stereocenters. The van der Waals surface area contributed by atoms with E-state index in [0.717, 1.165) is 24.8 Å². The van der Waals surface area contributed by atoms with Gasteiger partial charge in [-0.3, -0.25) is 4.79 Å². The highest BCUT2D eigenvalue weighted by molar-refractivity contribution is 5.83. The van der Waals surface area contributed by atoms with Crippen LogP contribution in [0.2, 0.25) is 0 Å². The first-order valence-electron chi connectivity index (χ1n) is 10.8. The molecule has 0 amide bonds. The number of aromatic nitrogens is 1. The molecule has 1 aliphatic carbocycles. The summed E-state index contributed by atoms with van der Waals surface area (Å²) in [7, 11) is 0. The summed E-state index contributed by atoms with van der Waals surface area (Å²) in [6.07, 6.45) is 6.86. The molecule has 0 aliphatic heterocycles. The molecule has 1 fully saturated rings. The van der Waals surface area contributed by atoms with E-state index in [-0.39, 0.29) is 18.7 Å². The molecule has 0 bridgehead atoms. The van der Waals surface area contributed by atoms with Gasteiger partial charge in [0.05, 0.1) is 0 Å². The molecule has 29 heavy (non-hydrogen) atoms. The van der Waals surface area contributed by atoms with Gasteiger partial charge in [0.15, 0.2) is 6.61 Å². The zero-order valence-corrected chi connectivity index (χ0v) is 17.8. The number of H-pyrrole nitrogens is 1. The second-order valence-electron chi connectivity index (χ2n) is 8.73. The van der Waals surface area contributed by atoms with Crippen molar-refractivity contribution >= 4 is 22.8 Å². The third-order valence-electron chi connectivity index (χ3n) is 6.10. The lowest BCUT2D eigenvalue weighted by Gasteiger charge is -2.36. The van der Waals surface area contributed by atoms with E-state index in [9.17, 15) is 9.59 Å². The Bertz CT molecular complexity index is 825. The first-order valence-corrected chi connectivity index (χ1v) is 10.8. The summed E-state index contributed by atoms with van der Waals surface area (Å²) in [6.45, 7) is 6.26. The number of hydrogen-bond acceptors (Lipinski definition) is 4. The van der Waals surface area contributed by atoms with Gasteiger partial charge in [0.2, 0.25) is 0 Å². The number of hydrogen-bond donors (Lipinski definition) is 1. The zero-order chi connectivity index (χ0) is 20.8. The summed E-state index contributed by atoms with van der Waals surface area (Å²) in [5.74, 6) is 0.656. The SMILES string of the molecule is CC(C)[C@@H]1CC[C@H](C)C[C@@H]1OC(=O)COC(=O)CCCc1c[nH]c2ccccc12. The number of nitrogens with one attached hydrogen (secondary N) is 1. The van der Waals surface area contributed by atoms with E-state index >= 15 is 0 Å². The van der Waals surface area contributed by atoms with Crippen molar-refractivity contribution in [1.82, 2.24) is 4.98 Å². The number of aryl methyl sites for hydroxylation is 1. The Labute approximate surface area is 173 Å². The number of ether oxygens (including phenoxy) is 2. The molecule has 1 aliphatic rings. The van der Waals surface area contributed by atoms with Crippen LogP contribution in [0.25, 0.3) is 10.9 Å². The van der Waals surface area contributed by atoms with Crippen LogP contribution in [0, 0.1) is 17.8 Å². The second kappa shape index (κ2) is 9.95. The molecule has 3 atom stereocenters. The molecule has 1 N–H and O–H groups in total. The lowest BCUT2D eigenvalue weighted by Crippen LogP contribution is -2.36. The summed E-state index contributed by atoms with van der Waals surface area (Å²) >= 11 is 0. The average molecular weight is 400 g/mol. The molecule has 3 rings (SSSR count). The van der Waals surface area contributed by atoms with Gasteiger partial charge in [0, 0.05) is 23.5 Å². The minimum atomic E-state index is -0.431. The Balaban J connectivity index is 1.39. The van der Waals surface area contributed by atoms with Crippen molar-refractivity contribution in [1.29, 1.82) is 0 Å². The van der Waals surface area contributed by atoms with E-state index < -0.39 is 5.97 Å². The fourth-order valence-electron chi connectivity index (χ4n) is 4.43. The van der Waals surface area contributed by atoms with Crippen molar-refractivity contribution in [2.24, 2.45) is 17.8 Å². The van der Waals surface area contributed by atoms with Gasteiger partial charge in [0.1, 0.15) is 6.10 Å². The van der Waals surface area contributed by atoms with Crippen LogP contribution in [0.1, 0.15) is 58.4 Å². The molecule has 1 heterocycles. The first-order chi connectivity index (χ1) is 13.9. The molecule has 0 radical (unpaired) electrons. The van der Waals surface area contributed by atoms with Gasteiger partial charge in [-0.25, -0.2) is 4.79 Å². The Morgan fingerprint density at radius 3 is 2.76 bits per heavy atom. The van der Waals surface area contributed by atoms with Crippen molar-refractivity contribution in [3.8, 4) is 0 Å². The predicted molar refractivity (Wildman–Crippen MR) is 113 cm³/mol. The summed E-state index contributed by atoms with van der Waals surface area (Å²) in [5, 5.41) is 1.19. The van der Waals surface area contributed by atoms with E-state index in [4.69, 9.17) is 9.47 Å². The minimum Gasteiger partial charge on any atom is -0.460 e. The Kier molecular flexibility index (Phi) is 7.34. The molecule has 0 spiro atoms. The van der Waals surface area contributed by atoms with Gasteiger partial charge in [-0.05, 0) is 55.1 Å². The number of para-hydroxylation sites is 1. The maximum Gasteiger partial charge on any atom is 0.344 e. The van der Waals surface area contributed by atoms with Gasteiger partial charge in [-0.2, -0.15) is 0 Å². The van der Waals surface area contributed by atoms with Crippen LogP contribution in [0.15, 0.2) is 30.5 Å². The molecule has 2 aromatic rings. The standard InChI is InChI=1S/C24H33NO4/c1-16(2)19-12-11-17(3)13-22(19)29-24(27)15-28-23(26)10-6-7-18-14-25-21-9-5-4-8-20(18)21/h4-5,8-9,14,16-17,19,22,25H,6-7,10-13,15H2,1-3H3/t17-,19-,22-/m0/s1. The van der Waals surface area contributed by atoms with E-state index in [1.165, 1.54) is 17.4 Å². The summed E-state index contributed by atoms with van der Waals surface area (Å²) in [4.78, 5) is 27.5. The largest absolute Gasteiger partial charge is 0.460 e. The molecule has 5 heteroatoms. The Morgan fingerprint density at radius 2 is 1.97 bits per heavy atom. The fourth-order valence-corrected chi connectivity index (χ4v) is 4.43. The normalized spacial score (nSPS) is 22.0. The van der Waals surface area contributed by atoms with Crippen LogP contribution >= 0.6 is 0 Å². The van der Waals surface area contributed by atoms with Gasteiger partial charge in [-0.15, -0.1) is 0 Å². The third-order valence-corrected chi connectivity index (χ3v) is 6.10. The number of rotatable bonds is 8. The predicted octanol–water partition coefficient (Wildman–Crippen LogP) is 5.04. The lowest BCUT2D eigenvalue weighted by atomic mass is 9.75. The molecule has 0 saturated heterocycles. The van der Waals surface area contributed by atoms with Crippen molar-refractivity contribution in [3.63, 3.8) is 0 Å². The molecular weight excluding hydrogens is 366 g/mol. The van der Waals surface area contributed by atoms with Crippen LogP contribution in [0.4, 0.5) is 0 Å². The lowest BCUT2D eigenvalue weighted by molar-refractivity contribution is -0.167. The number of benzene rings is 1. The highest BCUT2D eigenvalue weighted by atomic mass is 16.6. The third kappa shape index (κ3) is 5.84. The number of carbonyl (C=O) groups excluding carboxylic acids is 2. The van der Waals surface area contributed by atoms with E-state index in [2.05, 4.69) is 31.8 Å². The van der Waals surface area contributed by atoms with E-state index in [1.54, 1.807) is 0 Å². The second-order valence-corrected chi connectivity index (χ2v) is 8.73. The van der Waals surface area contributed by atoms with Crippen molar-refractivity contribution in [2.75, 3.05) is 6.61 Å². The van der Waals surface area contributed by atoms with Gasteiger partial charge in [-0.1, -0.05) is 45.4 Å². The Hall–Kier alpha value is -2.30. The van der Waals surface area contributed by atoms with Gasteiger partial charge >= 0.3 is 11.9 Å².